The molecule has 110 valence electrons. The molecule has 1 N–H and O–H groups in total. The van der Waals surface area contributed by atoms with E-state index in [0.717, 1.165) is 38.4 Å². The SMILES string of the molecule is CC(C)(CCCN1CCN(CC2CC2)CC1)C(=O)O. The third kappa shape index (κ3) is 4.77. The first kappa shape index (κ1) is 14.8. The second-order valence-corrected chi connectivity index (χ2v) is 6.88. The van der Waals surface area contributed by atoms with Crippen molar-refractivity contribution in [2.24, 2.45) is 11.3 Å². The highest BCUT2D eigenvalue weighted by Crippen LogP contribution is 2.30. The fourth-order valence-electron chi connectivity index (χ4n) is 2.71. The molecule has 0 aromatic carbocycles. The van der Waals surface area contributed by atoms with Gasteiger partial charge in [-0.3, -0.25) is 4.79 Å². The first-order valence-corrected chi connectivity index (χ1v) is 7.65. The minimum absolute atomic E-state index is 0.576. The number of nitrogens with zero attached hydrogens (tertiary/aromatic N) is 2. The summed E-state index contributed by atoms with van der Waals surface area (Å²) in [6, 6.07) is 0. The van der Waals surface area contributed by atoms with E-state index in [4.69, 9.17) is 5.11 Å². The molecule has 2 rings (SSSR count). The number of rotatable bonds is 7. The molecule has 0 aromatic heterocycles. The summed E-state index contributed by atoms with van der Waals surface area (Å²) in [7, 11) is 0. The Morgan fingerprint density at radius 1 is 1.16 bits per heavy atom. The number of carbonyl (C=O) groups is 1. The first-order valence-electron chi connectivity index (χ1n) is 7.65. The van der Waals surface area contributed by atoms with Gasteiger partial charge in [-0.1, -0.05) is 0 Å². The molecule has 1 saturated heterocycles. The number of carboxylic acid groups (broad SMARTS) is 1. The molecule has 2 aliphatic rings. The quantitative estimate of drug-likeness (QED) is 0.766. The van der Waals surface area contributed by atoms with Crippen LogP contribution in [0.25, 0.3) is 0 Å². The van der Waals surface area contributed by atoms with Gasteiger partial charge in [-0.25, -0.2) is 0 Å². The van der Waals surface area contributed by atoms with Gasteiger partial charge in [0.15, 0.2) is 0 Å². The first-order chi connectivity index (χ1) is 8.97. The van der Waals surface area contributed by atoms with Gasteiger partial charge in [-0.05, 0) is 52.0 Å². The minimum atomic E-state index is -0.679. The predicted octanol–water partition coefficient (Wildman–Crippen LogP) is 1.91. The van der Waals surface area contributed by atoms with Crippen molar-refractivity contribution in [2.75, 3.05) is 39.3 Å². The van der Waals surface area contributed by atoms with E-state index in [0.29, 0.717) is 0 Å². The normalized spacial score (nSPS) is 22.6. The van der Waals surface area contributed by atoms with Gasteiger partial charge in [0.05, 0.1) is 5.41 Å². The lowest BCUT2D eigenvalue weighted by atomic mass is 9.88. The van der Waals surface area contributed by atoms with Crippen LogP contribution in [0.4, 0.5) is 0 Å². The Morgan fingerprint density at radius 2 is 1.74 bits per heavy atom. The zero-order valence-electron chi connectivity index (χ0n) is 12.4. The molecular formula is C15H28N2O2. The lowest BCUT2D eigenvalue weighted by molar-refractivity contribution is -0.147. The van der Waals surface area contributed by atoms with Gasteiger partial charge in [-0.15, -0.1) is 0 Å². The van der Waals surface area contributed by atoms with Crippen molar-refractivity contribution in [3.05, 3.63) is 0 Å². The maximum Gasteiger partial charge on any atom is 0.309 e. The van der Waals surface area contributed by atoms with Crippen LogP contribution in [-0.2, 0) is 4.79 Å². The zero-order valence-corrected chi connectivity index (χ0v) is 12.4. The van der Waals surface area contributed by atoms with Crippen molar-refractivity contribution in [1.82, 2.24) is 9.80 Å². The molecule has 1 heterocycles. The van der Waals surface area contributed by atoms with Crippen molar-refractivity contribution in [1.29, 1.82) is 0 Å². The average molecular weight is 268 g/mol. The molecule has 0 unspecified atom stereocenters. The summed E-state index contributed by atoms with van der Waals surface area (Å²) in [6.07, 6.45) is 4.63. The number of carboxylic acids is 1. The molecule has 1 aliphatic carbocycles. The fraction of sp³-hybridized carbons (Fsp3) is 0.933. The Balaban J connectivity index is 1.58. The molecule has 2 fully saturated rings. The summed E-state index contributed by atoms with van der Waals surface area (Å²) in [5.74, 6) is 0.310. The van der Waals surface area contributed by atoms with Crippen LogP contribution < -0.4 is 0 Å². The lowest BCUT2D eigenvalue weighted by Gasteiger charge is -2.35. The van der Waals surface area contributed by atoms with Crippen LogP contribution >= 0.6 is 0 Å². The molecule has 1 aliphatic heterocycles. The van der Waals surface area contributed by atoms with E-state index >= 15 is 0 Å². The van der Waals surface area contributed by atoms with Crippen LogP contribution in [0.2, 0.25) is 0 Å². The summed E-state index contributed by atoms with van der Waals surface area (Å²) in [4.78, 5) is 16.1. The lowest BCUT2D eigenvalue weighted by Crippen LogP contribution is -2.47. The fourth-order valence-corrected chi connectivity index (χ4v) is 2.71. The van der Waals surface area contributed by atoms with Gasteiger partial charge >= 0.3 is 5.97 Å². The van der Waals surface area contributed by atoms with E-state index in [1.165, 1.54) is 32.5 Å². The van der Waals surface area contributed by atoms with Gasteiger partial charge in [0.2, 0.25) is 0 Å². The van der Waals surface area contributed by atoms with Crippen molar-refractivity contribution in [2.45, 2.75) is 39.5 Å². The summed E-state index contributed by atoms with van der Waals surface area (Å²) in [6.45, 7) is 10.7. The summed E-state index contributed by atoms with van der Waals surface area (Å²) >= 11 is 0. The van der Waals surface area contributed by atoms with Crippen LogP contribution in [0, 0.1) is 11.3 Å². The summed E-state index contributed by atoms with van der Waals surface area (Å²) in [5, 5.41) is 9.08. The van der Waals surface area contributed by atoms with Crippen molar-refractivity contribution >= 4 is 5.97 Å². The number of hydrogen-bond acceptors (Lipinski definition) is 3. The van der Waals surface area contributed by atoms with Crippen LogP contribution in [0.15, 0.2) is 0 Å². The molecule has 0 radical (unpaired) electrons. The van der Waals surface area contributed by atoms with Crippen molar-refractivity contribution < 1.29 is 9.90 Å². The summed E-state index contributed by atoms with van der Waals surface area (Å²) in [5.41, 5.74) is -0.576. The Bertz CT molecular complexity index is 305. The largest absolute Gasteiger partial charge is 0.481 e. The van der Waals surface area contributed by atoms with Crippen LogP contribution in [0.1, 0.15) is 39.5 Å². The molecule has 0 aromatic rings. The van der Waals surface area contributed by atoms with Gasteiger partial charge in [0, 0.05) is 32.7 Å². The molecule has 0 amide bonds. The Labute approximate surface area is 116 Å². The highest BCUT2D eigenvalue weighted by molar-refractivity contribution is 5.73. The topological polar surface area (TPSA) is 43.8 Å². The number of piperazine rings is 1. The molecule has 4 heteroatoms. The standard InChI is InChI=1S/C15H28N2O2/c1-15(2,14(18)19)6-3-7-16-8-10-17(11-9-16)12-13-4-5-13/h13H,3-12H2,1-2H3,(H,18,19). The highest BCUT2D eigenvalue weighted by atomic mass is 16.4. The third-order valence-corrected chi connectivity index (χ3v) is 4.53. The Hall–Kier alpha value is -0.610. The van der Waals surface area contributed by atoms with E-state index in [2.05, 4.69) is 9.80 Å². The zero-order chi connectivity index (χ0) is 13.9. The number of hydrogen-bond donors (Lipinski definition) is 1. The smallest absolute Gasteiger partial charge is 0.309 e. The third-order valence-electron chi connectivity index (χ3n) is 4.53. The monoisotopic (exact) mass is 268 g/mol. The van der Waals surface area contributed by atoms with Gasteiger partial charge < -0.3 is 14.9 Å². The molecule has 4 nitrogen and oxygen atoms in total. The second-order valence-electron chi connectivity index (χ2n) is 6.88. The molecular weight excluding hydrogens is 240 g/mol. The van der Waals surface area contributed by atoms with Gasteiger partial charge in [0.1, 0.15) is 0 Å². The van der Waals surface area contributed by atoms with E-state index in [1.807, 2.05) is 13.8 Å². The molecule has 19 heavy (non-hydrogen) atoms. The molecule has 0 atom stereocenters. The maximum absolute atomic E-state index is 11.0. The molecule has 0 spiro atoms. The van der Waals surface area contributed by atoms with E-state index < -0.39 is 11.4 Å². The number of aliphatic carboxylic acids is 1. The second kappa shape index (κ2) is 6.23. The van der Waals surface area contributed by atoms with E-state index in [9.17, 15) is 4.79 Å². The highest BCUT2D eigenvalue weighted by Gasteiger charge is 2.28. The molecule has 0 bridgehead atoms. The van der Waals surface area contributed by atoms with Crippen LogP contribution in [0.5, 0.6) is 0 Å². The maximum atomic E-state index is 11.0. The van der Waals surface area contributed by atoms with E-state index in [-0.39, 0.29) is 0 Å². The van der Waals surface area contributed by atoms with Crippen LogP contribution in [0.3, 0.4) is 0 Å². The average Bonchev–Trinajstić information content (AvgIpc) is 3.15. The van der Waals surface area contributed by atoms with Crippen molar-refractivity contribution in [3.8, 4) is 0 Å². The predicted molar refractivity (Wildman–Crippen MR) is 76.3 cm³/mol. The van der Waals surface area contributed by atoms with Gasteiger partial charge in [-0.2, -0.15) is 0 Å². The molecule has 1 saturated carbocycles. The minimum Gasteiger partial charge on any atom is -0.481 e. The van der Waals surface area contributed by atoms with E-state index in [1.54, 1.807) is 0 Å². The van der Waals surface area contributed by atoms with Crippen molar-refractivity contribution in [3.63, 3.8) is 0 Å². The Kier molecular flexibility index (Phi) is 4.85. The summed E-state index contributed by atoms with van der Waals surface area (Å²) < 4.78 is 0. The Morgan fingerprint density at radius 3 is 2.26 bits per heavy atom. The van der Waals surface area contributed by atoms with Crippen LogP contribution in [-0.4, -0.2) is 60.1 Å². The van der Waals surface area contributed by atoms with Gasteiger partial charge in [0.25, 0.3) is 0 Å².